The summed E-state index contributed by atoms with van der Waals surface area (Å²) < 4.78 is 14.5. The first-order chi connectivity index (χ1) is 16.3. The molecule has 0 spiro atoms. The summed E-state index contributed by atoms with van der Waals surface area (Å²) in [5, 5.41) is 10.0. The van der Waals surface area contributed by atoms with Crippen LogP contribution in [0.25, 0.3) is 0 Å². The molecule has 10 heteroatoms. The Morgan fingerprint density at radius 1 is 1.15 bits per heavy atom. The van der Waals surface area contributed by atoms with Gasteiger partial charge in [0.15, 0.2) is 5.69 Å². The van der Waals surface area contributed by atoms with Crippen LogP contribution in [0.1, 0.15) is 52.7 Å². The molecule has 2 aliphatic rings. The van der Waals surface area contributed by atoms with E-state index in [2.05, 4.69) is 20.6 Å². The number of carbonyl (C=O) groups excluding carboxylic acids is 3. The minimum atomic E-state index is -1.19. The summed E-state index contributed by atoms with van der Waals surface area (Å²) in [6.45, 7) is 5.70. The number of likely N-dealkylation sites (tertiary alicyclic amines) is 1. The van der Waals surface area contributed by atoms with Crippen molar-refractivity contribution >= 4 is 17.7 Å². The minimum Gasteiger partial charge on any atom is -0.351 e. The molecule has 2 aliphatic heterocycles. The third-order valence-electron chi connectivity index (χ3n) is 6.73. The van der Waals surface area contributed by atoms with Crippen LogP contribution in [0.2, 0.25) is 0 Å². The third kappa shape index (κ3) is 4.96. The van der Waals surface area contributed by atoms with Gasteiger partial charge in [-0.15, -0.1) is 0 Å². The van der Waals surface area contributed by atoms with Crippen molar-refractivity contribution in [1.82, 2.24) is 30.2 Å². The van der Waals surface area contributed by atoms with Crippen LogP contribution in [0, 0.1) is 5.82 Å². The summed E-state index contributed by atoms with van der Waals surface area (Å²) in [4.78, 5) is 42.4. The fraction of sp³-hybridized carbons (Fsp3) is 0.500. The minimum absolute atomic E-state index is 0.113. The van der Waals surface area contributed by atoms with Crippen molar-refractivity contribution in [3.05, 3.63) is 53.1 Å². The average molecular weight is 471 g/mol. The SMILES string of the molecule is CN1C(=O)c2cc(C(=O)NCCCN3CCCC3)nn2C[C@@]1(C)C(=O)NCc1ccc(F)cc1. The van der Waals surface area contributed by atoms with E-state index in [-0.39, 0.29) is 48.0 Å². The zero-order valence-electron chi connectivity index (χ0n) is 19.6. The number of benzene rings is 1. The lowest BCUT2D eigenvalue weighted by molar-refractivity contribution is -0.132. The van der Waals surface area contributed by atoms with Gasteiger partial charge in [-0.3, -0.25) is 19.1 Å². The van der Waals surface area contributed by atoms with Crippen LogP contribution in [0.3, 0.4) is 0 Å². The van der Waals surface area contributed by atoms with Crippen LogP contribution in [-0.2, 0) is 17.9 Å². The molecule has 0 unspecified atom stereocenters. The zero-order chi connectivity index (χ0) is 24.3. The second-order valence-corrected chi connectivity index (χ2v) is 9.18. The quantitative estimate of drug-likeness (QED) is 0.568. The van der Waals surface area contributed by atoms with Crippen molar-refractivity contribution in [3.63, 3.8) is 0 Å². The van der Waals surface area contributed by atoms with Crippen LogP contribution in [0.4, 0.5) is 4.39 Å². The Kier molecular flexibility index (Phi) is 6.97. The predicted molar refractivity (Wildman–Crippen MR) is 124 cm³/mol. The average Bonchev–Trinajstić information content (AvgIpc) is 3.50. The number of hydrogen-bond donors (Lipinski definition) is 2. The molecule has 1 saturated heterocycles. The Morgan fingerprint density at radius 2 is 1.85 bits per heavy atom. The molecule has 0 radical (unpaired) electrons. The van der Waals surface area contributed by atoms with Crippen LogP contribution in [-0.4, -0.2) is 76.1 Å². The van der Waals surface area contributed by atoms with E-state index in [1.165, 1.54) is 40.6 Å². The molecule has 0 bridgehead atoms. The van der Waals surface area contributed by atoms with E-state index in [1.807, 2.05) is 0 Å². The second kappa shape index (κ2) is 9.92. The summed E-state index contributed by atoms with van der Waals surface area (Å²) in [7, 11) is 1.56. The molecule has 2 N–H and O–H groups in total. The highest BCUT2D eigenvalue weighted by Crippen LogP contribution is 2.26. The van der Waals surface area contributed by atoms with Crippen LogP contribution in [0.15, 0.2) is 30.3 Å². The van der Waals surface area contributed by atoms with Crippen LogP contribution in [0.5, 0.6) is 0 Å². The van der Waals surface area contributed by atoms with Gasteiger partial charge in [0.05, 0.1) is 6.54 Å². The molecule has 4 rings (SSSR count). The maximum Gasteiger partial charge on any atom is 0.272 e. The number of carbonyl (C=O) groups is 3. The van der Waals surface area contributed by atoms with Gasteiger partial charge >= 0.3 is 0 Å². The number of halogens is 1. The first kappa shape index (κ1) is 23.9. The van der Waals surface area contributed by atoms with E-state index in [4.69, 9.17) is 0 Å². The maximum absolute atomic E-state index is 13.1. The molecule has 3 heterocycles. The van der Waals surface area contributed by atoms with Crippen molar-refractivity contribution in [2.24, 2.45) is 0 Å². The van der Waals surface area contributed by atoms with E-state index in [1.54, 1.807) is 26.1 Å². The summed E-state index contributed by atoms with van der Waals surface area (Å²) in [6, 6.07) is 7.32. The van der Waals surface area contributed by atoms with Crippen molar-refractivity contribution in [1.29, 1.82) is 0 Å². The number of nitrogens with one attached hydrogen (secondary N) is 2. The van der Waals surface area contributed by atoms with Crippen molar-refractivity contribution < 1.29 is 18.8 Å². The fourth-order valence-corrected chi connectivity index (χ4v) is 4.41. The Bertz CT molecular complexity index is 1060. The fourth-order valence-electron chi connectivity index (χ4n) is 4.41. The smallest absolute Gasteiger partial charge is 0.272 e. The molecule has 34 heavy (non-hydrogen) atoms. The number of likely N-dealkylation sites (N-methyl/N-ethyl adjacent to an activating group) is 1. The van der Waals surface area contributed by atoms with E-state index >= 15 is 0 Å². The van der Waals surface area contributed by atoms with Gasteiger partial charge in [0, 0.05) is 26.2 Å². The second-order valence-electron chi connectivity index (χ2n) is 9.18. The normalized spacial score (nSPS) is 20.3. The van der Waals surface area contributed by atoms with Gasteiger partial charge in [-0.2, -0.15) is 5.10 Å². The lowest BCUT2D eigenvalue weighted by Gasteiger charge is -2.40. The standard InChI is InChI=1S/C24H31FN6O3/c1-24(23(34)27-15-17-6-8-18(25)9-7-17)16-31-20(22(33)29(24)2)14-19(28-31)21(32)26-10-5-13-30-11-3-4-12-30/h6-9,14H,3-5,10-13,15-16H2,1-2H3,(H,26,32)(H,27,34)/t24-/m0/s1. The molecule has 0 aliphatic carbocycles. The Hall–Kier alpha value is -3.27. The molecule has 3 amide bonds. The van der Waals surface area contributed by atoms with E-state index < -0.39 is 5.54 Å². The number of amides is 3. The molecule has 1 aromatic carbocycles. The summed E-state index contributed by atoms with van der Waals surface area (Å²) in [5.74, 6) is -1.42. The maximum atomic E-state index is 13.1. The van der Waals surface area contributed by atoms with Crippen LogP contribution < -0.4 is 10.6 Å². The topological polar surface area (TPSA) is 99.6 Å². The summed E-state index contributed by atoms with van der Waals surface area (Å²) in [5.41, 5.74) is -0.0198. The van der Waals surface area contributed by atoms with Gasteiger partial charge < -0.3 is 20.4 Å². The van der Waals surface area contributed by atoms with E-state index in [0.717, 1.165) is 31.6 Å². The molecule has 0 saturated carbocycles. The van der Waals surface area contributed by atoms with Crippen molar-refractivity contribution in [2.45, 2.75) is 44.8 Å². The highest BCUT2D eigenvalue weighted by atomic mass is 19.1. The highest BCUT2D eigenvalue weighted by Gasteiger charge is 2.46. The molecule has 1 atom stereocenters. The Balaban J connectivity index is 1.37. The number of aromatic nitrogens is 2. The molecule has 182 valence electrons. The van der Waals surface area contributed by atoms with Crippen molar-refractivity contribution in [3.8, 4) is 0 Å². The number of rotatable bonds is 8. The summed E-state index contributed by atoms with van der Waals surface area (Å²) in [6.07, 6.45) is 3.32. The number of nitrogens with zero attached hydrogens (tertiary/aromatic N) is 4. The van der Waals surface area contributed by atoms with E-state index in [9.17, 15) is 18.8 Å². The van der Waals surface area contributed by atoms with Gasteiger partial charge in [0.25, 0.3) is 11.8 Å². The molecule has 2 aromatic rings. The molecule has 9 nitrogen and oxygen atoms in total. The number of fused-ring (bicyclic) bond motifs is 1. The molecular formula is C24H31FN6O3. The Labute approximate surface area is 198 Å². The highest BCUT2D eigenvalue weighted by molar-refractivity contribution is 6.01. The first-order valence-corrected chi connectivity index (χ1v) is 11.7. The largest absolute Gasteiger partial charge is 0.351 e. The van der Waals surface area contributed by atoms with Crippen molar-refractivity contribution in [2.75, 3.05) is 33.2 Å². The van der Waals surface area contributed by atoms with E-state index in [0.29, 0.717) is 6.54 Å². The lowest BCUT2D eigenvalue weighted by atomic mass is 9.96. The molecular weight excluding hydrogens is 439 g/mol. The first-order valence-electron chi connectivity index (χ1n) is 11.7. The lowest BCUT2D eigenvalue weighted by Crippen LogP contribution is -2.62. The third-order valence-corrected chi connectivity index (χ3v) is 6.73. The van der Waals surface area contributed by atoms with Crippen LogP contribution >= 0.6 is 0 Å². The monoisotopic (exact) mass is 470 g/mol. The number of hydrogen-bond acceptors (Lipinski definition) is 5. The van der Waals surface area contributed by atoms with Gasteiger partial charge in [-0.1, -0.05) is 12.1 Å². The van der Waals surface area contributed by atoms with Gasteiger partial charge in [-0.05, 0) is 63.5 Å². The van der Waals surface area contributed by atoms with Gasteiger partial charge in [-0.25, -0.2) is 4.39 Å². The van der Waals surface area contributed by atoms with Gasteiger partial charge in [0.2, 0.25) is 5.91 Å². The molecule has 1 aromatic heterocycles. The summed E-state index contributed by atoms with van der Waals surface area (Å²) >= 11 is 0. The Morgan fingerprint density at radius 3 is 2.56 bits per heavy atom. The molecule has 1 fully saturated rings. The zero-order valence-corrected chi connectivity index (χ0v) is 19.6. The predicted octanol–water partition coefficient (Wildman–Crippen LogP) is 1.40. The van der Waals surface area contributed by atoms with Gasteiger partial charge in [0.1, 0.15) is 17.1 Å².